The third-order valence-corrected chi connectivity index (χ3v) is 5.11. The Labute approximate surface area is 167 Å². The van der Waals surface area contributed by atoms with Gasteiger partial charge in [-0.1, -0.05) is 48.5 Å². The monoisotopic (exact) mass is 370 g/mol. The van der Waals surface area contributed by atoms with Crippen molar-refractivity contribution in [3.8, 4) is 29.0 Å². The van der Waals surface area contributed by atoms with Crippen LogP contribution in [0.3, 0.4) is 0 Å². The lowest BCUT2D eigenvalue weighted by Crippen LogP contribution is -1.96. The van der Waals surface area contributed by atoms with Crippen molar-refractivity contribution in [3.05, 3.63) is 96.3 Å². The third kappa shape index (κ3) is 2.64. The number of nitrogens with zero attached hydrogens (tertiary/aromatic N) is 4. The fourth-order valence-corrected chi connectivity index (χ4v) is 3.85. The van der Waals surface area contributed by atoms with Crippen molar-refractivity contribution in [1.29, 1.82) is 10.5 Å². The molecular weight excluding hydrogens is 356 g/mol. The lowest BCUT2D eigenvalue weighted by Gasteiger charge is -2.11. The summed E-state index contributed by atoms with van der Waals surface area (Å²) in [5.41, 5.74) is 5.36. The highest BCUT2D eigenvalue weighted by atomic mass is 15.0. The van der Waals surface area contributed by atoms with Crippen LogP contribution in [0.5, 0.6) is 0 Å². The Bertz CT molecular complexity index is 1430. The first-order valence-electron chi connectivity index (χ1n) is 9.20. The van der Waals surface area contributed by atoms with Crippen molar-refractivity contribution in [2.75, 3.05) is 0 Å². The zero-order valence-corrected chi connectivity index (χ0v) is 15.4. The minimum Gasteiger partial charge on any atom is -0.309 e. The van der Waals surface area contributed by atoms with Gasteiger partial charge in [-0.3, -0.25) is 0 Å². The van der Waals surface area contributed by atoms with E-state index in [1.807, 2.05) is 30.3 Å². The minimum atomic E-state index is 0.240. The fraction of sp³-hybridized carbons (Fsp3) is 0. The molecule has 2 aromatic heterocycles. The van der Waals surface area contributed by atoms with Crippen LogP contribution in [0, 0.1) is 22.7 Å². The number of nitriles is 2. The van der Waals surface area contributed by atoms with E-state index < -0.39 is 0 Å². The quantitative estimate of drug-likeness (QED) is 0.407. The van der Waals surface area contributed by atoms with E-state index in [0.717, 1.165) is 22.3 Å². The second-order valence-electron chi connectivity index (χ2n) is 6.74. The molecule has 134 valence electrons. The summed E-state index contributed by atoms with van der Waals surface area (Å²) in [6.07, 6.45) is 0. The summed E-state index contributed by atoms with van der Waals surface area (Å²) >= 11 is 0. The molecule has 0 saturated heterocycles. The van der Waals surface area contributed by atoms with Crippen LogP contribution in [0.2, 0.25) is 0 Å². The van der Waals surface area contributed by atoms with Crippen molar-refractivity contribution < 1.29 is 0 Å². The molecule has 3 aromatic carbocycles. The van der Waals surface area contributed by atoms with E-state index in [4.69, 9.17) is 5.26 Å². The van der Waals surface area contributed by atoms with E-state index in [-0.39, 0.29) is 11.4 Å². The first kappa shape index (κ1) is 16.7. The second kappa shape index (κ2) is 6.64. The number of benzene rings is 3. The molecule has 5 rings (SSSR count). The van der Waals surface area contributed by atoms with Gasteiger partial charge in [0.15, 0.2) is 0 Å². The Balaban J connectivity index is 1.77. The molecule has 4 heteroatoms. The Morgan fingerprint density at radius 2 is 1.38 bits per heavy atom. The first-order chi connectivity index (χ1) is 14.3. The van der Waals surface area contributed by atoms with Crippen LogP contribution in [-0.2, 0) is 0 Å². The van der Waals surface area contributed by atoms with E-state index in [9.17, 15) is 5.26 Å². The summed E-state index contributed by atoms with van der Waals surface area (Å²) in [7, 11) is 0. The molecule has 5 aromatic rings. The number of para-hydroxylation sites is 2. The van der Waals surface area contributed by atoms with Crippen LogP contribution in [0.25, 0.3) is 38.6 Å². The lowest BCUT2D eigenvalue weighted by molar-refractivity contribution is 1.18. The summed E-state index contributed by atoms with van der Waals surface area (Å²) in [6, 6.07) is 32.3. The van der Waals surface area contributed by atoms with Gasteiger partial charge in [-0.15, -0.1) is 0 Å². The average Bonchev–Trinajstić information content (AvgIpc) is 3.13. The Morgan fingerprint density at radius 1 is 0.690 bits per heavy atom. The summed E-state index contributed by atoms with van der Waals surface area (Å²) in [5.74, 6) is 0. The number of fused-ring (bicyclic) bond motifs is 3. The maximum absolute atomic E-state index is 9.51. The van der Waals surface area contributed by atoms with Gasteiger partial charge >= 0.3 is 0 Å². The Kier molecular flexibility index (Phi) is 3.83. The minimum absolute atomic E-state index is 0.240. The van der Waals surface area contributed by atoms with Crippen LogP contribution in [0.1, 0.15) is 11.4 Å². The van der Waals surface area contributed by atoms with Gasteiger partial charge in [-0.25, -0.2) is 4.98 Å². The van der Waals surface area contributed by atoms with Gasteiger partial charge in [0.25, 0.3) is 0 Å². The number of pyridine rings is 1. The normalized spacial score (nSPS) is 10.7. The van der Waals surface area contributed by atoms with E-state index in [2.05, 4.69) is 64.2 Å². The van der Waals surface area contributed by atoms with Gasteiger partial charge < -0.3 is 4.57 Å². The van der Waals surface area contributed by atoms with Crippen molar-refractivity contribution in [3.63, 3.8) is 0 Å². The number of aromatic nitrogens is 2. The largest absolute Gasteiger partial charge is 0.309 e. The van der Waals surface area contributed by atoms with E-state index in [1.54, 1.807) is 12.1 Å². The summed E-state index contributed by atoms with van der Waals surface area (Å²) in [6.45, 7) is 0. The lowest BCUT2D eigenvalue weighted by atomic mass is 10.0. The molecule has 0 saturated carbocycles. The van der Waals surface area contributed by atoms with E-state index in [0.29, 0.717) is 5.56 Å². The van der Waals surface area contributed by atoms with Crippen molar-refractivity contribution in [2.45, 2.75) is 0 Å². The highest BCUT2D eigenvalue weighted by molar-refractivity contribution is 6.09. The molecule has 2 heterocycles. The molecule has 0 fully saturated rings. The van der Waals surface area contributed by atoms with E-state index >= 15 is 0 Å². The number of hydrogen-bond donors (Lipinski definition) is 0. The first-order valence-corrected chi connectivity index (χ1v) is 9.20. The van der Waals surface area contributed by atoms with Crippen LogP contribution in [-0.4, -0.2) is 9.55 Å². The average molecular weight is 370 g/mol. The number of hydrogen-bond acceptors (Lipinski definition) is 3. The van der Waals surface area contributed by atoms with Crippen molar-refractivity contribution in [1.82, 2.24) is 9.55 Å². The molecule has 0 unspecified atom stereocenters. The smallest absolute Gasteiger partial charge is 0.149 e. The molecule has 0 bridgehead atoms. The predicted molar refractivity (Wildman–Crippen MR) is 113 cm³/mol. The summed E-state index contributed by atoms with van der Waals surface area (Å²) < 4.78 is 2.23. The molecule has 4 nitrogen and oxygen atoms in total. The second-order valence-corrected chi connectivity index (χ2v) is 6.74. The van der Waals surface area contributed by atoms with Crippen LogP contribution >= 0.6 is 0 Å². The molecule has 29 heavy (non-hydrogen) atoms. The van der Waals surface area contributed by atoms with Gasteiger partial charge in [-0.2, -0.15) is 10.5 Å². The van der Waals surface area contributed by atoms with Crippen molar-refractivity contribution >= 4 is 21.8 Å². The van der Waals surface area contributed by atoms with Crippen LogP contribution in [0.4, 0.5) is 0 Å². The predicted octanol–water partition coefficient (Wildman–Crippen LogP) is 5.59. The molecule has 0 aliphatic carbocycles. The van der Waals surface area contributed by atoms with Gasteiger partial charge in [0.05, 0.1) is 11.0 Å². The molecule has 0 spiro atoms. The van der Waals surface area contributed by atoms with Crippen molar-refractivity contribution in [2.24, 2.45) is 0 Å². The Morgan fingerprint density at radius 3 is 2.03 bits per heavy atom. The fourth-order valence-electron chi connectivity index (χ4n) is 3.85. The molecule has 0 radical (unpaired) electrons. The number of rotatable bonds is 2. The highest BCUT2D eigenvalue weighted by Gasteiger charge is 2.13. The maximum Gasteiger partial charge on any atom is 0.149 e. The Hall–Kier alpha value is -4.41. The topological polar surface area (TPSA) is 65.4 Å². The van der Waals surface area contributed by atoms with Gasteiger partial charge in [0.1, 0.15) is 23.5 Å². The standard InChI is InChI=1S/C25H14N4/c26-15-18-12-13-20(23(16-27)28-18)17-6-5-7-19(14-17)29-24-10-3-1-8-21(24)22-9-2-4-11-25(22)29/h1-14H. The van der Waals surface area contributed by atoms with Crippen LogP contribution < -0.4 is 0 Å². The highest BCUT2D eigenvalue weighted by Crippen LogP contribution is 2.33. The third-order valence-electron chi connectivity index (χ3n) is 5.11. The zero-order valence-electron chi connectivity index (χ0n) is 15.4. The molecule has 0 amide bonds. The maximum atomic E-state index is 9.51. The van der Waals surface area contributed by atoms with Gasteiger partial charge in [0, 0.05) is 22.0 Å². The molecule has 0 N–H and O–H groups in total. The molecule has 0 atom stereocenters. The van der Waals surface area contributed by atoms with Crippen LogP contribution in [0.15, 0.2) is 84.9 Å². The van der Waals surface area contributed by atoms with E-state index in [1.165, 1.54) is 10.8 Å². The molecule has 0 aliphatic rings. The summed E-state index contributed by atoms with van der Waals surface area (Å²) in [4.78, 5) is 4.15. The molecular formula is C25H14N4. The molecule has 0 aliphatic heterocycles. The van der Waals surface area contributed by atoms with Gasteiger partial charge in [0.2, 0.25) is 0 Å². The zero-order chi connectivity index (χ0) is 19.8. The summed E-state index contributed by atoms with van der Waals surface area (Å²) in [5, 5.41) is 21.0. The van der Waals surface area contributed by atoms with Gasteiger partial charge in [-0.05, 0) is 42.0 Å². The SMILES string of the molecule is N#Cc1ccc(-c2cccc(-n3c4ccccc4c4ccccc43)c2)c(C#N)n1.